The fraction of sp³-hybridized carbons (Fsp3) is 0.412. The van der Waals surface area contributed by atoms with Crippen LogP contribution in [-0.2, 0) is 21.2 Å². The highest BCUT2D eigenvalue weighted by Crippen LogP contribution is 2.31. The van der Waals surface area contributed by atoms with Crippen LogP contribution in [-0.4, -0.2) is 37.3 Å². The molecule has 6 nitrogen and oxygen atoms in total. The smallest absolute Gasteiger partial charge is 0.265 e. The molecule has 0 aliphatic carbocycles. The lowest BCUT2D eigenvalue weighted by Crippen LogP contribution is -2.36. The van der Waals surface area contributed by atoms with Crippen LogP contribution in [0.1, 0.15) is 29.7 Å². The average molecular weight is 448 g/mol. The lowest BCUT2D eigenvalue weighted by molar-refractivity contribution is -0.131. The number of hydrogen-bond donors (Lipinski definition) is 1. The molecule has 146 valence electrons. The van der Waals surface area contributed by atoms with Crippen LogP contribution in [0.25, 0.3) is 0 Å². The van der Waals surface area contributed by atoms with Crippen molar-refractivity contribution in [3.05, 3.63) is 38.8 Å². The lowest BCUT2D eigenvalue weighted by atomic mass is 10.1. The SMILES string of the molecule is Cc1cc(Cl)cc(Cl)c1S(=O)(=O)Nc1ncc(CC(=O)N2CCCCC2)s1. The van der Waals surface area contributed by atoms with Crippen LogP contribution in [0.2, 0.25) is 10.0 Å². The van der Waals surface area contributed by atoms with Gasteiger partial charge >= 0.3 is 0 Å². The maximum Gasteiger partial charge on any atom is 0.265 e. The summed E-state index contributed by atoms with van der Waals surface area (Å²) in [6, 6.07) is 2.92. The zero-order chi connectivity index (χ0) is 19.6. The third-order valence-corrected chi connectivity index (χ3v) is 7.48. The van der Waals surface area contributed by atoms with Crippen LogP contribution in [0.4, 0.5) is 5.13 Å². The van der Waals surface area contributed by atoms with E-state index in [1.165, 1.54) is 18.3 Å². The van der Waals surface area contributed by atoms with Crippen molar-refractivity contribution in [1.29, 1.82) is 0 Å². The van der Waals surface area contributed by atoms with Gasteiger partial charge in [-0.3, -0.25) is 9.52 Å². The standard InChI is InChI=1S/C17H19Cl2N3O3S2/c1-11-7-12(18)8-14(19)16(11)27(24,25)21-17-20-10-13(26-17)9-15(23)22-5-3-2-4-6-22/h7-8,10H,2-6,9H2,1H3,(H,20,21). The van der Waals surface area contributed by atoms with Crippen LogP contribution in [0.3, 0.4) is 0 Å². The molecular formula is C17H19Cl2N3O3S2. The number of carbonyl (C=O) groups excluding carboxylic acids is 1. The predicted octanol–water partition coefficient (Wildman–Crippen LogP) is 4.11. The second kappa shape index (κ2) is 8.34. The van der Waals surface area contributed by atoms with Gasteiger partial charge in [0.25, 0.3) is 10.0 Å². The normalized spacial score (nSPS) is 15.0. The van der Waals surface area contributed by atoms with E-state index < -0.39 is 10.0 Å². The summed E-state index contributed by atoms with van der Waals surface area (Å²) >= 11 is 13.1. The Labute approximate surface area is 172 Å². The number of anilines is 1. The Morgan fingerprint density at radius 2 is 1.96 bits per heavy atom. The van der Waals surface area contributed by atoms with Crippen molar-refractivity contribution in [2.24, 2.45) is 0 Å². The number of aromatic nitrogens is 1. The summed E-state index contributed by atoms with van der Waals surface area (Å²) < 4.78 is 27.8. The van der Waals surface area contributed by atoms with E-state index >= 15 is 0 Å². The number of hydrogen-bond acceptors (Lipinski definition) is 5. The Kier molecular flexibility index (Phi) is 6.30. The number of carbonyl (C=O) groups is 1. The zero-order valence-corrected chi connectivity index (χ0v) is 17.8. The number of thiazole rings is 1. The summed E-state index contributed by atoms with van der Waals surface area (Å²) in [5.41, 5.74) is 0.442. The maximum atomic E-state index is 12.7. The first-order valence-corrected chi connectivity index (χ1v) is 11.5. The lowest BCUT2D eigenvalue weighted by Gasteiger charge is -2.26. The van der Waals surface area contributed by atoms with Gasteiger partial charge in [0.2, 0.25) is 5.91 Å². The molecule has 0 saturated carbocycles. The topological polar surface area (TPSA) is 79.4 Å². The van der Waals surface area contributed by atoms with Gasteiger partial charge in [0, 0.05) is 29.2 Å². The van der Waals surface area contributed by atoms with Gasteiger partial charge in [-0.1, -0.05) is 23.2 Å². The van der Waals surface area contributed by atoms with Crippen molar-refractivity contribution in [3.63, 3.8) is 0 Å². The van der Waals surface area contributed by atoms with Crippen LogP contribution in [0, 0.1) is 6.92 Å². The number of halogens is 2. The van der Waals surface area contributed by atoms with Gasteiger partial charge in [-0.05, 0) is 43.9 Å². The number of nitrogens with one attached hydrogen (secondary N) is 1. The minimum atomic E-state index is -3.92. The summed E-state index contributed by atoms with van der Waals surface area (Å²) in [5, 5.41) is 0.607. The zero-order valence-electron chi connectivity index (χ0n) is 14.7. The molecule has 1 aromatic carbocycles. The van der Waals surface area contributed by atoms with Gasteiger partial charge in [0.1, 0.15) is 4.90 Å². The van der Waals surface area contributed by atoms with Gasteiger partial charge in [0.15, 0.2) is 5.13 Å². The largest absolute Gasteiger partial charge is 0.342 e. The highest BCUT2D eigenvalue weighted by atomic mass is 35.5. The van der Waals surface area contributed by atoms with E-state index in [1.807, 2.05) is 4.90 Å². The molecule has 0 unspecified atom stereocenters. The molecule has 3 rings (SSSR count). The Hall–Kier alpha value is -1.35. The number of likely N-dealkylation sites (tertiary alicyclic amines) is 1. The number of piperidine rings is 1. The highest BCUT2D eigenvalue weighted by Gasteiger charge is 2.23. The summed E-state index contributed by atoms with van der Waals surface area (Å²) in [6.07, 6.45) is 4.96. The first-order valence-electron chi connectivity index (χ1n) is 8.47. The Morgan fingerprint density at radius 1 is 1.26 bits per heavy atom. The quantitative estimate of drug-likeness (QED) is 0.747. The van der Waals surface area contributed by atoms with Crippen molar-refractivity contribution in [3.8, 4) is 0 Å². The second-order valence-corrected chi connectivity index (χ2v) is 9.97. The van der Waals surface area contributed by atoms with E-state index in [-0.39, 0.29) is 27.4 Å². The molecule has 27 heavy (non-hydrogen) atoms. The molecule has 1 fully saturated rings. The first-order chi connectivity index (χ1) is 12.8. The summed E-state index contributed by atoms with van der Waals surface area (Å²) in [4.78, 5) is 19.0. The second-order valence-electron chi connectivity index (χ2n) is 6.39. The fourth-order valence-corrected chi connectivity index (χ4v) is 6.27. The van der Waals surface area contributed by atoms with E-state index in [9.17, 15) is 13.2 Å². The molecule has 1 N–H and O–H groups in total. The minimum absolute atomic E-state index is 0.0327. The molecule has 10 heteroatoms. The van der Waals surface area contributed by atoms with Gasteiger partial charge in [-0.25, -0.2) is 13.4 Å². The minimum Gasteiger partial charge on any atom is -0.342 e. The molecular weight excluding hydrogens is 429 g/mol. The summed E-state index contributed by atoms with van der Waals surface area (Å²) in [5.74, 6) is 0.0457. The Morgan fingerprint density at radius 3 is 2.63 bits per heavy atom. The molecule has 0 bridgehead atoms. The number of sulfonamides is 1. The van der Waals surface area contributed by atoms with E-state index in [2.05, 4.69) is 9.71 Å². The van der Waals surface area contributed by atoms with Gasteiger partial charge in [-0.15, -0.1) is 11.3 Å². The molecule has 0 radical (unpaired) electrons. The van der Waals surface area contributed by atoms with Gasteiger partial charge < -0.3 is 4.90 Å². The Bertz CT molecular complexity index is 931. The van der Waals surface area contributed by atoms with E-state index in [4.69, 9.17) is 23.2 Å². The van der Waals surface area contributed by atoms with E-state index in [0.717, 1.165) is 43.7 Å². The number of amides is 1. The average Bonchev–Trinajstić information content (AvgIpc) is 3.00. The molecule has 1 aliphatic heterocycles. The molecule has 1 saturated heterocycles. The molecule has 1 aliphatic rings. The molecule has 2 heterocycles. The Balaban J connectivity index is 1.72. The van der Waals surface area contributed by atoms with Crippen molar-refractivity contribution in [1.82, 2.24) is 9.88 Å². The monoisotopic (exact) mass is 447 g/mol. The summed E-state index contributed by atoms with van der Waals surface area (Å²) in [7, 11) is -3.92. The van der Waals surface area contributed by atoms with E-state index in [0.29, 0.717) is 15.5 Å². The van der Waals surface area contributed by atoms with Crippen molar-refractivity contribution >= 4 is 55.6 Å². The molecule has 1 aromatic heterocycles. The van der Waals surface area contributed by atoms with E-state index in [1.54, 1.807) is 6.92 Å². The van der Waals surface area contributed by atoms with Crippen molar-refractivity contribution in [2.75, 3.05) is 17.8 Å². The van der Waals surface area contributed by atoms with Crippen molar-refractivity contribution < 1.29 is 13.2 Å². The molecule has 1 amide bonds. The number of benzene rings is 1. The number of aryl methyl sites for hydroxylation is 1. The van der Waals surface area contributed by atoms with Crippen LogP contribution >= 0.6 is 34.5 Å². The van der Waals surface area contributed by atoms with Crippen LogP contribution in [0.5, 0.6) is 0 Å². The predicted molar refractivity (Wildman–Crippen MR) is 108 cm³/mol. The summed E-state index contributed by atoms with van der Waals surface area (Å²) in [6.45, 7) is 3.19. The third-order valence-electron chi connectivity index (χ3n) is 4.27. The van der Waals surface area contributed by atoms with Crippen LogP contribution in [0.15, 0.2) is 23.2 Å². The number of rotatable bonds is 5. The molecule has 0 spiro atoms. The number of nitrogens with zero attached hydrogens (tertiary/aromatic N) is 2. The van der Waals surface area contributed by atoms with Crippen LogP contribution < -0.4 is 4.72 Å². The molecule has 2 aromatic rings. The van der Waals surface area contributed by atoms with Gasteiger partial charge in [0.05, 0.1) is 11.4 Å². The third kappa shape index (κ3) is 4.93. The fourth-order valence-electron chi connectivity index (χ4n) is 3.04. The molecule has 0 atom stereocenters. The maximum absolute atomic E-state index is 12.7. The van der Waals surface area contributed by atoms with Crippen molar-refractivity contribution in [2.45, 2.75) is 37.5 Å². The van der Waals surface area contributed by atoms with Gasteiger partial charge in [-0.2, -0.15) is 0 Å². The first kappa shape index (κ1) is 20.4. The highest BCUT2D eigenvalue weighted by molar-refractivity contribution is 7.93.